The summed E-state index contributed by atoms with van der Waals surface area (Å²) < 4.78 is 1.50. The number of nitrogens with one attached hydrogen (secondary N) is 1. The summed E-state index contributed by atoms with van der Waals surface area (Å²) in [5, 5.41) is 3.47. The molecule has 0 fully saturated rings. The minimum atomic E-state index is -0.120. The van der Waals surface area contributed by atoms with Crippen molar-refractivity contribution in [2.24, 2.45) is 0 Å². The zero-order valence-electron chi connectivity index (χ0n) is 13.6. The molecule has 0 aromatic carbocycles. The van der Waals surface area contributed by atoms with Gasteiger partial charge < -0.3 is 5.32 Å². The van der Waals surface area contributed by atoms with Crippen LogP contribution >= 0.6 is 11.3 Å². The first kappa shape index (κ1) is 16.3. The van der Waals surface area contributed by atoms with E-state index in [4.69, 9.17) is 0 Å². The Morgan fingerprint density at radius 3 is 2.88 bits per heavy atom. The van der Waals surface area contributed by atoms with E-state index in [1.54, 1.807) is 6.20 Å². The Morgan fingerprint density at radius 1 is 1.29 bits per heavy atom. The summed E-state index contributed by atoms with van der Waals surface area (Å²) in [4.78, 5) is 34.8. The smallest absolute Gasteiger partial charge is 0.262 e. The Morgan fingerprint density at radius 2 is 2.12 bits per heavy atom. The van der Waals surface area contributed by atoms with Gasteiger partial charge in [0.15, 0.2) is 0 Å². The minimum absolute atomic E-state index is 0.0839. The van der Waals surface area contributed by atoms with Crippen LogP contribution < -0.4 is 10.9 Å². The molecule has 3 aromatic rings. The lowest BCUT2D eigenvalue weighted by atomic mass is 10.2. The van der Waals surface area contributed by atoms with Crippen LogP contribution in [0.3, 0.4) is 0 Å². The molecule has 0 atom stereocenters. The van der Waals surface area contributed by atoms with Crippen LogP contribution in [0.4, 0.5) is 0 Å². The van der Waals surface area contributed by atoms with Gasteiger partial charge in [-0.1, -0.05) is 6.07 Å². The molecule has 0 aliphatic carbocycles. The SMILES string of the molecule is Cc1sc2ncn(CCC(=O)NCc3ccccn3)c(=O)c2c1C. The van der Waals surface area contributed by atoms with Crippen molar-refractivity contribution in [1.29, 1.82) is 0 Å². The number of aromatic nitrogens is 3. The standard InChI is InChI=1S/C17H18N4O2S/c1-11-12(2)24-16-15(11)17(23)21(10-20-16)8-6-14(22)19-9-13-5-3-4-7-18-13/h3-5,7,10H,6,8-9H2,1-2H3,(H,19,22). The zero-order chi connectivity index (χ0) is 17.1. The molecule has 0 radical (unpaired) electrons. The number of carbonyl (C=O) groups excluding carboxylic acids is 1. The van der Waals surface area contributed by atoms with Crippen molar-refractivity contribution in [3.8, 4) is 0 Å². The van der Waals surface area contributed by atoms with Crippen LogP contribution in [-0.2, 0) is 17.9 Å². The topological polar surface area (TPSA) is 76.9 Å². The third-order valence-electron chi connectivity index (χ3n) is 3.93. The summed E-state index contributed by atoms with van der Waals surface area (Å²) in [6.07, 6.45) is 3.43. The Hall–Kier alpha value is -2.54. The lowest BCUT2D eigenvalue weighted by molar-refractivity contribution is -0.121. The highest BCUT2D eigenvalue weighted by atomic mass is 32.1. The lowest BCUT2D eigenvalue weighted by Crippen LogP contribution is -2.27. The number of pyridine rings is 1. The van der Waals surface area contributed by atoms with Gasteiger partial charge in [0.2, 0.25) is 5.91 Å². The average Bonchev–Trinajstić information content (AvgIpc) is 2.88. The van der Waals surface area contributed by atoms with Crippen LogP contribution in [0.15, 0.2) is 35.5 Å². The van der Waals surface area contributed by atoms with Crippen LogP contribution in [0, 0.1) is 13.8 Å². The second kappa shape index (κ2) is 6.92. The van der Waals surface area contributed by atoms with Crippen LogP contribution in [0.2, 0.25) is 0 Å². The summed E-state index contributed by atoms with van der Waals surface area (Å²) in [5.74, 6) is -0.120. The second-order valence-corrected chi connectivity index (χ2v) is 6.76. The maximum atomic E-state index is 12.5. The van der Waals surface area contributed by atoms with Crippen molar-refractivity contribution < 1.29 is 4.79 Å². The monoisotopic (exact) mass is 342 g/mol. The van der Waals surface area contributed by atoms with Crippen molar-refractivity contribution in [3.63, 3.8) is 0 Å². The summed E-state index contributed by atoms with van der Waals surface area (Å²) in [6.45, 7) is 4.61. The van der Waals surface area contributed by atoms with Crippen LogP contribution in [0.1, 0.15) is 22.6 Å². The molecule has 1 N–H and O–H groups in total. The number of fused-ring (bicyclic) bond motifs is 1. The molecule has 6 nitrogen and oxygen atoms in total. The molecule has 7 heteroatoms. The maximum absolute atomic E-state index is 12.5. The van der Waals surface area contributed by atoms with Crippen LogP contribution in [-0.4, -0.2) is 20.4 Å². The molecular weight excluding hydrogens is 324 g/mol. The Bertz CT molecular complexity index is 931. The number of nitrogens with zero attached hydrogens (tertiary/aromatic N) is 3. The first-order chi connectivity index (χ1) is 11.6. The van der Waals surface area contributed by atoms with Gasteiger partial charge in [-0.05, 0) is 31.5 Å². The van der Waals surface area contributed by atoms with E-state index in [-0.39, 0.29) is 17.9 Å². The van der Waals surface area contributed by atoms with Crippen molar-refractivity contribution in [2.75, 3.05) is 0 Å². The van der Waals surface area contributed by atoms with Gasteiger partial charge in [0, 0.05) is 24.0 Å². The predicted molar refractivity (Wildman–Crippen MR) is 94.1 cm³/mol. The van der Waals surface area contributed by atoms with E-state index in [0.29, 0.717) is 18.5 Å². The number of hydrogen-bond donors (Lipinski definition) is 1. The molecule has 0 aliphatic heterocycles. The lowest BCUT2D eigenvalue weighted by Gasteiger charge is -2.07. The van der Waals surface area contributed by atoms with Gasteiger partial charge in [-0.3, -0.25) is 19.1 Å². The van der Waals surface area contributed by atoms with E-state index in [0.717, 1.165) is 21.0 Å². The Kier molecular flexibility index (Phi) is 4.71. The Balaban J connectivity index is 1.65. The van der Waals surface area contributed by atoms with Gasteiger partial charge >= 0.3 is 0 Å². The van der Waals surface area contributed by atoms with Crippen LogP contribution in [0.5, 0.6) is 0 Å². The first-order valence-corrected chi connectivity index (χ1v) is 8.49. The van der Waals surface area contributed by atoms with Crippen molar-refractivity contribution in [1.82, 2.24) is 19.9 Å². The molecule has 124 valence electrons. The van der Waals surface area contributed by atoms with Crippen LogP contribution in [0.25, 0.3) is 10.2 Å². The zero-order valence-corrected chi connectivity index (χ0v) is 14.4. The highest BCUT2D eigenvalue weighted by molar-refractivity contribution is 7.18. The number of aryl methyl sites for hydroxylation is 3. The quantitative estimate of drug-likeness (QED) is 0.771. The molecule has 0 saturated heterocycles. The first-order valence-electron chi connectivity index (χ1n) is 7.68. The number of hydrogen-bond acceptors (Lipinski definition) is 5. The summed E-state index contributed by atoms with van der Waals surface area (Å²) in [6, 6.07) is 5.56. The third-order valence-corrected chi connectivity index (χ3v) is 5.04. The van der Waals surface area contributed by atoms with Gasteiger partial charge in [0.25, 0.3) is 5.56 Å². The van der Waals surface area contributed by atoms with E-state index in [1.807, 2.05) is 32.0 Å². The number of amides is 1. The number of carbonyl (C=O) groups is 1. The van der Waals surface area contributed by atoms with Gasteiger partial charge in [0.05, 0.1) is 24.0 Å². The van der Waals surface area contributed by atoms with Gasteiger partial charge in [-0.15, -0.1) is 11.3 Å². The molecule has 0 saturated carbocycles. The molecule has 3 rings (SSSR count). The van der Waals surface area contributed by atoms with E-state index in [2.05, 4.69) is 15.3 Å². The fraction of sp³-hybridized carbons (Fsp3) is 0.294. The average molecular weight is 342 g/mol. The van der Waals surface area contributed by atoms with E-state index in [9.17, 15) is 9.59 Å². The summed E-state index contributed by atoms with van der Waals surface area (Å²) in [7, 11) is 0. The highest BCUT2D eigenvalue weighted by Crippen LogP contribution is 2.25. The molecule has 0 spiro atoms. The highest BCUT2D eigenvalue weighted by Gasteiger charge is 2.12. The van der Waals surface area contributed by atoms with Crippen molar-refractivity contribution >= 4 is 27.5 Å². The molecular formula is C17H18N4O2S. The maximum Gasteiger partial charge on any atom is 0.262 e. The van der Waals surface area contributed by atoms with E-state index in [1.165, 1.54) is 22.2 Å². The number of thiophene rings is 1. The molecule has 0 bridgehead atoms. The molecule has 0 unspecified atom stereocenters. The van der Waals surface area contributed by atoms with Gasteiger partial charge in [-0.25, -0.2) is 4.98 Å². The van der Waals surface area contributed by atoms with Gasteiger partial charge in [-0.2, -0.15) is 0 Å². The summed E-state index contributed by atoms with van der Waals surface area (Å²) in [5.41, 5.74) is 1.69. The largest absolute Gasteiger partial charge is 0.350 e. The van der Waals surface area contributed by atoms with Crippen molar-refractivity contribution in [3.05, 3.63) is 57.2 Å². The second-order valence-electron chi connectivity index (χ2n) is 5.55. The fourth-order valence-electron chi connectivity index (χ4n) is 2.43. The Labute approximate surface area is 143 Å². The normalized spacial score (nSPS) is 10.9. The van der Waals surface area contributed by atoms with Crippen molar-refractivity contribution in [2.45, 2.75) is 33.4 Å². The number of rotatable bonds is 5. The predicted octanol–water partition coefficient (Wildman–Crippen LogP) is 2.18. The molecule has 3 heterocycles. The molecule has 3 aromatic heterocycles. The molecule has 1 amide bonds. The van der Waals surface area contributed by atoms with Gasteiger partial charge in [0.1, 0.15) is 4.83 Å². The molecule has 0 aliphatic rings. The third kappa shape index (κ3) is 3.35. The molecule has 24 heavy (non-hydrogen) atoms. The minimum Gasteiger partial charge on any atom is -0.350 e. The van der Waals surface area contributed by atoms with E-state index >= 15 is 0 Å². The van der Waals surface area contributed by atoms with E-state index < -0.39 is 0 Å². The summed E-state index contributed by atoms with van der Waals surface area (Å²) >= 11 is 1.52. The fourth-order valence-corrected chi connectivity index (χ4v) is 3.42.